The van der Waals surface area contributed by atoms with Gasteiger partial charge in [-0.15, -0.1) is 11.3 Å². The van der Waals surface area contributed by atoms with Crippen molar-refractivity contribution in [3.63, 3.8) is 0 Å². The SMILES string of the molecule is COc1ccc(-c2cc(C(=O)NCc3cccs3)c3c(C)nn(C4CCS(=O)(=O)C4)c3n2)cc1. The molecular formula is C24H24N4O4S2. The van der Waals surface area contributed by atoms with Gasteiger partial charge in [0.05, 0.1) is 53.5 Å². The van der Waals surface area contributed by atoms with Gasteiger partial charge in [-0.25, -0.2) is 18.1 Å². The summed E-state index contributed by atoms with van der Waals surface area (Å²) in [6.45, 7) is 2.25. The molecule has 1 aromatic carbocycles. The number of amides is 1. The van der Waals surface area contributed by atoms with E-state index in [4.69, 9.17) is 9.72 Å². The number of ether oxygens (including phenoxy) is 1. The van der Waals surface area contributed by atoms with E-state index in [0.29, 0.717) is 41.0 Å². The molecule has 4 heterocycles. The average Bonchev–Trinajstić information content (AvgIpc) is 3.56. The molecule has 34 heavy (non-hydrogen) atoms. The number of fused-ring (bicyclic) bond motifs is 1. The molecular weight excluding hydrogens is 472 g/mol. The van der Waals surface area contributed by atoms with E-state index in [9.17, 15) is 13.2 Å². The molecule has 0 bridgehead atoms. The van der Waals surface area contributed by atoms with E-state index in [-0.39, 0.29) is 23.5 Å². The Morgan fingerprint density at radius 1 is 1.26 bits per heavy atom. The number of carbonyl (C=O) groups excluding carboxylic acids is 1. The van der Waals surface area contributed by atoms with Crippen LogP contribution in [-0.2, 0) is 16.4 Å². The molecule has 10 heteroatoms. The van der Waals surface area contributed by atoms with Crippen LogP contribution in [0.1, 0.15) is 33.4 Å². The summed E-state index contributed by atoms with van der Waals surface area (Å²) in [6, 6.07) is 12.8. The van der Waals surface area contributed by atoms with Crippen LogP contribution in [-0.4, -0.2) is 47.7 Å². The third kappa shape index (κ3) is 4.30. The van der Waals surface area contributed by atoms with Crippen LogP contribution < -0.4 is 10.1 Å². The lowest BCUT2D eigenvalue weighted by Crippen LogP contribution is -2.23. The minimum Gasteiger partial charge on any atom is -0.497 e. The average molecular weight is 497 g/mol. The molecule has 1 fully saturated rings. The number of methoxy groups -OCH3 is 1. The highest BCUT2D eigenvalue weighted by atomic mass is 32.2. The predicted octanol–water partition coefficient (Wildman–Crippen LogP) is 3.77. The summed E-state index contributed by atoms with van der Waals surface area (Å²) in [4.78, 5) is 19.2. The zero-order chi connectivity index (χ0) is 23.9. The van der Waals surface area contributed by atoms with Gasteiger partial charge in [0, 0.05) is 10.4 Å². The van der Waals surface area contributed by atoms with Crippen LogP contribution in [0.15, 0.2) is 47.8 Å². The summed E-state index contributed by atoms with van der Waals surface area (Å²) in [5.41, 5.74) is 3.07. The topological polar surface area (TPSA) is 103 Å². The van der Waals surface area contributed by atoms with E-state index in [2.05, 4.69) is 10.4 Å². The smallest absolute Gasteiger partial charge is 0.252 e. The first-order valence-electron chi connectivity index (χ1n) is 10.9. The van der Waals surface area contributed by atoms with E-state index in [1.54, 1.807) is 29.2 Å². The van der Waals surface area contributed by atoms with E-state index < -0.39 is 9.84 Å². The van der Waals surface area contributed by atoms with Gasteiger partial charge >= 0.3 is 0 Å². The molecule has 176 valence electrons. The number of sulfone groups is 1. The first-order chi connectivity index (χ1) is 16.3. The number of hydrogen-bond acceptors (Lipinski definition) is 7. The van der Waals surface area contributed by atoms with Crippen LogP contribution in [0.2, 0.25) is 0 Å². The van der Waals surface area contributed by atoms with E-state index in [1.165, 1.54) is 0 Å². The standard InChI is InChI=1S/C24H24N4O4S2/c1-15-22-20(24(29)25-13-19-4-3-10-33-19)12-21(16-5-7-18(32-2)8-6-16)26-23(22)28(27-15)17-9-11-34(30,31)14-17/h3-8,10,12,17H,9,11,13-14H2,1-2H3,(H,25,29). The molecule has 3 aromatic heterocycles. The van der Waals surface area contributed by atoms with Gasteiger partial charge in [0.2, 0.25) is 0 Å². The molecule has 1 atom stereocenters. The Morgan fingerprint density at radius 2 is 2.06 bits per heavy atom. The number of hydrogen-bond donors (Lipinski definition) is 1. The second-order valence-corrected chi connectivity index (χ2v) is 11.6. The molecule has 0 saturated carbocycles. The maximum atomic E-state index is 13.3. The molecule has 0 aliphatic carbocycles. The third-order valence-corrected chi connectivity index (χ3v) is 8.65. The second-order valence-electron chi connectivity index (χ2n) is 8.33. The van der Waals surface area contributed by atoms with Crippen molar-refractivity contribution >= 4 is 38.1 Å². The van der Waals surface area contributed by atoms with Gasteiger partial charge in [0.15, 0.2) is 15.5 Å². The fourth-order valence-electron chi connectivity index (χ4n) is 4.30. The molecule has 1 aliphatic rings. The van der Waals surface area contributed by atoms with Crippen molar-refractivity contribution in [1.29, 1.82) is 0 Å². The number of nitrogens with one attached hydrogen (secondary N) is 1. The zero-order valence-electron chi connectivity index (χ0n) is 18.8. The highest BCUT2D eigenvalue weighted by Crippen LogP contribution is 2.32. The number of aryl methyl sites for hydroxylation is 1. The number of pyridine rings is 1. The maximum absolute atomic E-state index is 13.3. The van der Waals surface area contributed by atoms with Crippen molar-refractivity contribution in [3.05, 3.63) is 64.0 Å². The number of carbonyl (C=O) groups is 1. The number of rotatable bonds is 6. The fourth-order valence-corrected chi connectivity index (χ4v) is 6.64. The molecule has 1 N–H and O–H groups in total. The highest BCUT2D eigenvalue weighted by Gasteiger charge is 2.32. The summed E-state index contributed by atoms with van der Waals surface area (Å²) in [5, 5.41) is 10.3. The highest BCUT2D eigenvalue weighted by molar-refractivity contribution is 7.91. The zero-order valence-corrected chi connectivity index (χ0v) is 20.4. The third-order valence-electron chi connectivity index (χ3n) is 6.02. The number of thiophene rings is 1. The van der Waals surface area contributed by atoms with Crippen molar-refractivity contribution in [2.24, 2.45) is 0 Å². The predicted molar refractivity (Wildman–Crippen MR) is 132 cm³/mol. The second kappa shape index (κ2) is 8.84. The summed E-state index contributed by atoms with van der Waals surface area (Å²) >= 11 is 1.58. The molecule has 1 aliphatic heterocycles. The lowest BCUT2D eigenvalue weighted by atomic mass is 10.0. The van der Waals surface area contributed by atoms with Crippen molar-refractivity contribution in [3.8, 4) is 17.0 Å². The van der Waals surface area contributed by atoms with Crippen LogP contribution in [0, 0.1) is 6.92 Å². The fraction of sp³-hybridized carbons (Fsp3) is 0.292. The summed E-state index contributed by atoms with van der Waals surface area (Å²) < 4.78 is 31.2. The number of nitrogens with zero attached hydrogens (tertiary/aromatic N) is 3. The van der Waals surface area contributed by atoms with E-state index in [0.717, 1.165) is 16.2 Å². The Kier molecular flexibility index (Phi) is 5.86. The van der Waals surface area contributed by atoms with Crippen LogP contribution in [0.5, 0.6) is 5.75 Å². The Bertz CT molecular complexity index is 1460. The van der Waals surface area contributed by atoms with Gasteiger partial charge in [-0.1, -0.05) is 6.07 Å². The van der Waals surface area contributed by atoms with Gasteiger partial charge < -0.3 is 10.1 Å². The quantitative estimate of drug-likeness (QED) is 0.436. The molecule has 1 amide bonds. The van der Waals surface area contributed by atoms with Crippen molar-refractivity contribution in [2.45, 2.75) is 25.9 Å². The first kappa shape index (κ1) is 22.5. The summed E-state index contributed by atoms with van der Waals surface area (Å²) in [5.74, 6) is 0.648. The number of aromatic nitrogens is 3. The largest absolute Gasteiger partial charge is 0.497 e. The minimum atomic E-state index is -3.11. The van der Waals surface area contributed by atoms with Crippen LogP contribution >= 0.6 is 11.3 Å². The van der Waals surface area contributed by atoms with Gasteiger partial charge in [-0.2, -0.15) is 5.10 Å². The Morgan fingerprint density at radius 3 is 2.71 bits per heavy atom. The van der Waals surface area contributed by atoms with Crippen LogP contribution in [0.3, 0.4) is 0 Å². The van der Waals surface area contributed by atoms with Gasteiger partial charge in [0.25, 0.3) is 5.91 Å². The molecule has 1 unspecified atom stereocenters. The maximum Gasteiger partial charge on any atom is 0.252 e. The molecule has 1 saturated heterocycles. The van der Waals surface area contributed by atoms with E-state index in [1.807, 2.05) is 48.7 Å². The van der Waals surface area contributed by atoms with Crippen molar-refractivity contribution < 1.29 is 17.9 Å². The molecule has 0 radical (unpaired) electrons. The van der Waals surface area contributed by atoms with Gasteiger partial charge in [0.1, 0.15) is 5.75 Å². The molecule has 4 aromatic rings. The van der Waals surface area contributed by atoms with E-state index >= 15 is 0 Å². The monoisotopic (exact) mass is 496 g/mol. The van der Waals surface area contributed by atoms with Gasteiger partial charge in [-0.05, 0) is 55.1 Å². The molecule has 0 spiro atoms. The summed E-state index contributed by atoms with van der Waals surface area (Å²) in [6.07, 6.45) is 0.479. The van der Waals surface area contributed by atoms with Crippen LogP contribution in [0.25, 0.3) is 22.3 Å². The lowest BCUT2D eigenvalue weighted by molar-refractivity contribution is 0.0953. The van der Waals surface area contributed by atoms with Crippen LogP contribution in [0.4, 0.5) is 0 Å². The minimum absolute atomic E-state index is 0.0254. The number of benzene rings is 1. The van der Waals surface area contributed by atoms with Crippen molar-refractivity contribution in [2.75, 3.05) is 18.6 Å². The molecule has 8 nitrogen and oxygen atoms in total. The Labute approximate surface area is 201 Å². The molecule has 5 rings (SSSR count). The van der Waals surface area contributed by atoms with Crippen molar-refractivity contribution in [1.82, 2.24) is 20.1 Å². The van der Waals surface area contributed by atoms with Gasteiger partial charge in [-0.3, -0.25) is 4.79 Å². The Balaban J connectivity index is 1.63. The normalized spacial score (nSPS) is 17.2. The first-order valence-corrected chi connectivity index (χ1v) is 13.6. The lowest BCUT2D eigenvalue weighted by Gasteiger charge is -2.12. The summed E-state index contributed by atoms with van der Waals surface area (Å²) in [7, 11) is -1.51. The Hall–Kier alpha value is -3.24.